The van der Waals surface area contributed by atoms with E-state index in [9.17, 15) is 28.8 Å². The van der Waals surface area contributed by atoms with Crippen LogP contribution in [0, 0.1) is 0 Å². The van der Waals surface area contributed by atoms with Crippen molar-refractivity contribution < 1.29 is 47.6 Å². The maximum absolute atomic E-state index is 12.6. The molecule has 12 nitrogen and oxygen atoms in total. The van der Waals surface area contributed by atoms with Gasteiger partial charge in [0.25, 0.3) is 0 Å². The summed E-state index contributed by atoms with van der Waals surface area (Å²) in [4.78, 5) is 73.1. The van der Waals surface area contributed by atoms with Crippen LogP contribution in [0.15, 0.2) is 25.5 Å². The predicted molar refractivity (Wildman–Crippen MR) is 99.0 cm³/mol. The Morgan fingerprint density at radius 3 is 2.13 bits per heavy atom. The summed E-state index contributed by atoms with van der Waals surface area (Å²) in [6, 6.07) is -3.29. The van der Waals surface area contributed by atoms with Gasteiger partial charge in [0.15, 0.2) is 0 Å². The Kier molecular flexibility index (Phi) is 9.59. The molecule has 1 aliphatic rings. The summed E-state index contributed by atoms with van der Waals surface area (Å²) in [7, 11) is 0. The molecule has 0 bridgehead atoms. The highest BCUT2D eigenvalue weighted by Gasteiger charge is 2.50. The Morgan fingerprint density at radius 1 is 0.967 bits per heavy atom. The lowest BCUT2D eigenvalue weighted by molar-refractivity contribution is -0.353. The molecule has 1 heterocycles. The summed E-state index contributed by atoms with van der Waals surface area (Å²) in [5.41, 5.74) is 0. The van der Waals surface area contributed by atoms with Crippen LogP contribution in [0.5, 0.6) is 0 Å². The van der Waals surface area contributed by atoms with Crippen molar-refractivity contribution in [1.82, 2.24) is 9.80 Å². The standard InChI is InChI=1S/C18H22N3O9/c1-4-7-14(23)30-12-21-17(26)19(9-8-15(24)28-6-3)16(25)20(18(21)27)10-11-29-13(22)5-2/h5-6,12H,2-4,7-11H2,1H3/q+1. The summed E-state index contributed by atoms with van der Waals surface area (Å²) in [6.07, 6.45) is 2.52. The largest absolute Gasteiger partial charge is 0.459 e. The maximum atomic E-state index is 12.6. The van der Waals surface area contributed by atoms with Crippen molar-refractivity contribution in [3.05, 3.63) is 25.5 Å². The fourth-order valence-corrected chi connectivity index (χ4v) is 2.15. The van der Waals surface area contributed by atoms with E-state index in [2.05, 4.69) is 17.9 Å². The lowest BCUT2D eigenvalue weighted by Gasteiger charge is -2.26. The lowest BCUT2D eigenvalue weighted by atomic mass is 10.3. The van der Waals surface area contributed by atoms with Gasteiger partial charge in [0, 0.05) is 12.5 Å². The predicted octanol–water partition coefficient (Wildman–Crippen LogP) is 1.15. The van der Waals surface area contributed by atoms with E-state index < -0.39 is 49.1 Å². The number of hydrogen-bond donors (Lipinski definition) is 0. The molecule has 0 saturated carbocycles. The minimum Gasteiger partial charge on any atom is -0.459 e. The van der Waals surface area contributed by atoms with E-state index in [1.54, 1.807) is 6.92 Å². The molecule has 162 valence electrons. The van der Waals surface area contributed by atoms with Crippen LogP contribution in [0.1, 0.15) is 26.2 Å². The van der Waals surface area contributed by atoms with Gasteiger partial charge in [0.05, 0.1) is 19.2 Å². The minimum atomic E-state index is -1.12. The Labute approximate surface area is 171 Å². The van der Waals surface area contributed by atoms with Gasteiger partial charge in [0.1, 0.15) is 13.2 Å². The first-order chi connectivity index (χ1) is 14.3. The SMILES string of the molecule is C=COC(=O)CCN1C(=O)N(CCOC(=O)C=C)C(=O)[N+](=COC(=O)CCC)C1=O. The molecule has 0 aromatic heterocycles. The van der Waals surface area contributed by atoms with Crippen LogP contribution in [0.25, 0.3) is 0 Å². The Morgan fingerprint density at radius 2 is 1.57 bits per heavy atom. The lowest BCUT2D eigenvalue weighted by Crippen LogP contribution is -2.61. The van der Waals surface area contributed by atoms with Crippen molar-refractivity contribution in [1.29, 1.82) is 0 Å². The highest BCUT2D eigenvalue weighted by molar-refractivity contribution is 6.06. The van der Waals surface area contributed by atoms with Gasteiger partial charge < -0.3 is 14.2 Å². The van der Waals surface area contributed by atoms with E-state index in [-0.39, 0.29) is 19.4 Å². The van der Waals surface area contributed by atoms with Crippen molar-refractivity contribution in [3.63, 3.8) is 0 Å². The third-order valence-electron chi connectivity index (χ3n) is 3.56. The molecule has 1 saturated heterocycles. The molecule has 0 unspecified atom stereocenters. The van der Waals surface area contributed by atoms with Gasteiger partial charge in [0.2, 0.25) is 6.40 Å². The highest BCUT2D eigenvalue weighted by atomic mass is 16.5. The molecule has 0 spiro atoms. The molecule has 1 fully saturated rings. The number of carbonyl (C=O) groups excluding carboxylic acids is 6. The number of imide groups is 3. The summed E-state index contributed by atoms with van der Waals surface area (Å²) >= 11 is 0. The number of carbonyl (C=O) groups is 6. The van der Waals surface area contributed by atoms with Crippen LogP contribution < -0.4 is 0 Å². The average Bonchev–Trinajstić information content (AvgIpc) is 2.70. The zero-order valence-electron chi connectivity index (χ0n) is 16.4. The van der Waals surface area contributed by atoms with Crippen molar-refractivity contribution in [3.8, 4) is 0 Å². The zero-order valence-corrected chi connectivity index (χ0v) is 16.4. The molecule has 1 aliphatic heterocycles. The Balaban J connectivity index is 3.06. The minimum absolute atomic E-state index is 0.0456. The van der Waals surface area contributed by atoms with Crippen LogP contribution in [0.4, 0.5) is 14.4 Å². The highest BCUT2D eigenvalue weighted by Crippen LogP contribution is 2.13. The smallest absolute Gasteiger partial charge is 0.458 e. The molecule has 12 heteroatoms. The molecule has 0 aromatic carbocycles. The van der Waals surface area contributed by atoms with Crippen molar-refractivity contribution in [2.45, 2.75) is 26.2 Å². The van der Waals surface area contributed by atoms with E-state index in [0.717, 1.165) is 12.3 Å². The molecule has 6 amide bonds. The molecule has 0 aromatic rings. The second-order valence-electron chi connectivity index (χ2n) is 5.64. The second-order valence-corrected chi connectivity index (χ2v) is 5.64. The van der Waals surface area contributed by atoms with Crippen LogP contribution in [-0.4, -0.2) is 76.5 Å². The van der Waals surface area contributed by atoms with Gasteiger partial charge >= 0.3 is 36.0 Å². The van der Waals surface area contributed by atoms with Crippen molar-refractivity contribution >= 4 is 42.4 Å². The van der Waals surface area contributed by atoms with Crippen LogP contribution in [0.2, 0.25) is 0 Å². The quantitative estimate of drug-likeness (QED) is 0.119. The Bertz CT molecular complexity index is 788. The number of hydrogen-bond acceptors (Lipinski definition) is 9. The summed E-state index contributed by atoms with van der Waals surface area (Å²) in [5.74, 6) is -2.23. The average molecular weight is 424 g/mol. The summed E-state index contributed by atoms with van der Waals surface area (Å²) in [6.45, 7) is 6.97. The van der Waals surface area contributed by atoms with Gasteiger partial charge in [-0.1, -0.05) is 24.7 Å². The second kappa shape index (κ2) is 11.9. The molecule has 30 heavy (non-hydrogen) atoms. The number of urea groups is 3. The summed E-state index contributed by atoms with van der Waals surface area (Å²) < 4.78 is 14.4. The van der Waals surface area contributed by atoms with Gasteiger partial charge in [-0.25, -0.2) is 19.2 Å². The molecular formula is C18H22N3O9+. The van der Waals surface area contributed by atoms with Crippen LogP contribution >= 0.6 is 0 Å². The molecule has 1 rings (SSSR count). The number of amides is 6. The number of ether oxygens (including phenoxy) is 3. The van der Waals surface area contributed by atoms with E-state index in [0.29, 0.717) is 27.2 Å². The number of rotatable bonds is 11. The first kappa shape index (κ1) is 24.2. The number of nitrogens with zero attached hydrogens (tertiary/aromatic N) is 3. The molecule has 0 aliphatic carbocycles. The molecule has 0 atom stereocenters. The van der Waals surface area contributed by atoms with E-state index in [4.69, 9.17) is 9.47 Å². The van der Waals surface area contributed by atoms with Crippen LogP contribution in [0.3, 0.4) is 0 Å². The monoisotopic (exact) mass is 424 g/mol. The fraction of sp³-hybridized carbons (Fsp3) is 0.389. The topological polar surface area (TPSA) is 140 Å². The first-order valence-corrected chi connectivity index (χ1v) is 8.85. The third-order valence-corrected chi connectivity index (χ3v) is 3.56. The third kappa shape index (κ3) is 6.65. The molecule has 0 radical (unpaired) electrons. The van der Waals surface area contributed by atoms with E-state index >= 15 is 0 Å². The van der Waals surface area contributed by atoms with E-state index in [1.165, 1.54) is 0 Å². The van der Waals surface area contributed by atoms with Crippen LogP contribution in [-0.2, 0) is 28.6 Å². The molecular weight excluding hydrogens is 402 g/mol. The van der Waals surface area contributed by atoms with Gasteiger partial charge in [-0.05, 0) is 6.42 Å². The van der Waals surface area contributed by atoms with Gasteiger partial charge in [-0.2, -0.15) is 9.80 Å². The van der Waals surface area contributed by atoms with Crippen molar-refractivity contribution in [2.24, 2.45) is 0 Å². The zero-order chi connectivity index (χ0) is 22.7. The summed E-state index contributed by atoms with van der Waals surface area (Å²) in [5, 5.41) is 0. The van der Waals surface area contributed by atoms with Gasteiger partial charge in [-0.15, -0.1) is 0 Å². The maximum Gasteiger partial charge on any atom is 0.458 e. The van der Waals surface area contributed by atoms with Crippen molar-refractivity contribution in [2.75, 3.05) is 19.7 Å². The van der Waals surface area contributed by atoms with Gasteiger partial charge in [-0.3, -0.25) is 9.59 Å². The Hall–Kier alpha value is -3.83. The fourth-order valence-electron chi connectivity index (χ4n) is 2.15. The number of esters is 3. The first-order valence-electron chi connectivity index (χ1n) is 8.85. The molecule has 0 N–H and O–H groups in total. The van der Waals surface area contributed by atoms with E-state index in [1.807, 2.05) is 0 Å². The normalized spacial score (nSPS) is 15.1.